The van der Waals surface area contributed by atoms with E-state index in [1.54, 1.807) is 0 Å². The van der Waals surface area contributed by atoms with Gasteiger partial charge in [-0.3, -0.25) is 0 Å². The average Bonchev–Trinajstić information content (AvgIpc) is 3.01. The molecule has 0 amide bonds. The Kier molecular flexibility index (Phi) is 5.95. The highest BCUT2D eigenvalue weighted by atomic mass is 16.3. The van der Waals surface area contributed by atoms with Crippen LogP contribution in [0.3, 0.4) is 0 Å². The minimum absolute atomic E-state index is 0.0735. The zero-order valence-electron chi connectivity index (χ0n) is 19.9. The molecule has 0 aromatic heterocycles. The number of fused-ring (bicyclic) bond motifs is 5. The van der Waals surface area contributed by atoms with Gasteiger partial charge in [-0.2, -0.15) is 0 Å². The maximum absolute atomic E-state index is 11.6. The lowest BCUT2D eigenvalue weighted by Gasteiger charge is -2.65. The monoisotopic (exact) mass is 404 g/mol. The van der Waals surface area contributed by atoms with Crippen molar-refractivity contribution >= 4 is 0 Å². The summed E-state index contributed by atoms with van der Waals surface area (Å²) in [5, 5.41) is 22.8. The topological polar surface area (TPSA) is 40.5 Å². The van der Waals surface area contributed by atoms with Gasteiger partial charge in [0.15, 0.2) is 0 Å². The van der Waals surface area contributed by atoms with Gasteiger partial charge < -0.3 is 10.2 Å². The number of rotatable bonds is 5. The van der Waals surface area contributed by atoms with Crippen LogP contribution in [0.25, 0.3) is 0 Å². The van der Waals surface area contributed by atoms with Crippen molar-refractivity contribution in [2.45, 2.75) is 123 Å². The predicted molar refractivity (Wildman–Crippen MR) is 121 cm³/mol. The molecule has 2 N–H and O–H groups in total. The highest BCUT2D eigenvalue weighted by Crippen LogP contribution is 2.69. The third-order valence-electron chi connectivity index (χ3n) is 11.0. The van der Waals surface area contributed by atoms with Crippen molar-refractivity contribution in [2.24, 2.45) is 46.3 Å². The molecule has 9 atom stereocenters. The molecule has 29 heavy (non-hydrogen) atoms. The Hall–Kier alpha value is -0.0800. The summed E-state index contributed by atoms with van der Waals surface area (Å²) in [6, 6.07) is 0. The fraction of sp³-hybridized carbons (Fsp3) is 1.00. The van der Waals surface area contributed by atoms with Crippen LogP contribution in [0.15, 0.2) is 0 Å². The average molecular weight is 405 g/mol. The second-order valence-electron chi connectivity index (χ2n) is 12.7. The van der Waals surface area contributed by atoms with Crippen LogP contribution >= 0.6 is 0 Å². The number of hydrogen-bond acceptors (Lipinski definition) is 2. The molecule has 4 aliphatic rings. The predicted octanol–water partition coefficient (Wildman–Crippen LogP) is 6.58. The molecular formula is C27H48O2. The van der Waals surface area contributed by atoms with E-state index < -0.39 is 11.7 Å². The van der Waals surface area contributed by atoms with E-state index in [0.717, 1.165) is 49.4 Å². The van der Waals surface area contributed by atoms with Crippen LogP contribution in [0.1, 0.15) is 112 Å². The molecule has 168 valence electrons. The van der Waals surface area contributed by atoms with Gasteiger partial charge in [-0.25, -0.2) is 0 Å². The van der Waals surface area contributed by atoms with Crippen LogP contribution in [-0.4, -0.2) is 21.9 Å². The molecule has 4 fully saturated rings. The van der Waals surface area contributed by atoms with Crippen molar-refractivity contribution in [1.29, 1.82) is 0 Å². The summed E-state index contributed by atoms with van der Waals surface area (Å²) in [4.78, 5) is 0. The normalized spacial score (nSPS) is 50.7. The minimum Gasteiger partial charge on any atom is -0.390 e. The second kappa shape index (κ2) is 7.80. The molecule has 0 bridgehead atoms. The summed E-state index contributed by atoms with van der Waals surface area (Å²) in [6.45, 7) is 12.2. The molecule has 0 saturated heterocycles. The molecular weight excluding hydrogens is 356 g/mol. The van der Waals surface area contributed by atoms with E-state index >= 15 is 0 Å². The van der Waals surface area contributed by atoms with Crippen LogP contribution < -0.4 is 0 Å². The van der Waals surface area contributed by atoms with E-state index in [9.17, 15) is 10.2 Å². The fourth-order valence-electron chi connectivity index (χ4n) is 9.33. The summed E-state index contributed by atoms with van der Waals surface area (Å²) in [6.07, 6.45) is 14.1. The van der Waals surface area contributed by atoms with E-state index in [2.05, 4.69) is 34.6 Å². The van der Waals surface area contributed by atoms with Crippen molar-refractivity contribution in [3.8, 4) is 0 Å². The summed E-state index contributed by atoms with van der Waals surface area (Å²) in [5.41, 5.74) is -0.448. The Labute approximate surface area is 180 Å². The third-order valence-corrected chi connectivity index (χ3v) is 11.0. The van der Waals surface area contributed by atoms with Gasteiger partial charge in [-0.1, -0.05) is 66.7 Å². The first-order chi connectivity index (χ1) is 13.6. The third kappa shape index (κ3) is 3.34. The molecule has 0 aromatic rings. The molecule has 0 aliphatic heterocycles. The first-order valence-corrected chi connectivity index (χ1v) is 13.0. The van der Waals surface area contributed by atoms with Crippen molar-refractivity contribution < 1.29 is 10.2 Å². The Morgan fingerprint density at radius 2 is 1.62 bits per heavy atom. The highest BCUT2D eigenvalue weighted by molar-refractivity contribution is 5.16. The molecule has 0 heterocycles. The molecule has 4 saturated carbocycles. The molecule has 2 heteroatoms. The molecule has 0 aromatic carbocycles. The Balaban J connectivity index is 1.53. The molecule has 4 rings (SSSR count). The van der Waals surface area contributed by atoms with Gasteiger partial charge in [0.25, 0.3) is 0 Å². The van der Waals surface area contributed by atoms with Crippen LogP contribution in [0.4, 0.5) is 0 Å². The van der Waals surface area contributed by atoms with E-state index in [0.29, 0.717) is 17.3 Å². The standard InChI is InChI=1S/C27H48O2/c1-18(2)9-8-10-19(3)21-11-12-22-20-17-24(28)27(29)15-7-6-14-26(27,5)23(20)13-16-25(21,22)4/h18-24,28-29H,6-17H2,1-5H3/t19?,20?,21?,22?,23?,24?,25-,26-,27+/m1/s1. The van der Waals surface area contributed by atoms with E-state index in [4.69, 9.17) is 0 Å². The van der Waals surface area contributed by atoms with Gasteiger partial charge in [0.2, 0.25) is 0 Å². The van der Waals surface area contributed by atoms with Gasteiger partial charge in [0.1, 0.15) is 0 Å². The Morgan fingerprint density at radius 3 is 2.34 bits per heavy atom. The van der Waals surface area contributed by atoms with E-state index in [-0.39, 0.29) is 5.41 Å². The number of hydrogen-bond donors (Lipinski definition) is 2. The molecule has 2 nitrogen and oxygen atoms in total. The fourth-order valence-corrected chi connectivity index (χ4v) is 9.33. The van der Waals surface area contributed by atoms with E-state index in [1.807, 2.05) is 0 Å². The maximum atomic E-state index is 11.6. The van der Waals surface area contributed by atoms with Crippen molar-refractivity contribution in [3.05, 3.63) is 0 Å². The van der Waals surface area contributed by atoms with Gasteiger partial charge in [-0.15, -0.1) is 0 Å². The zero-order valence-corrected chi connectivity index (χ0v) is 19.9. The SMILES string of the molecule is CC(C)CCCC(C)C1CCC2C3CC(O)[C@@]4(O)CCCC[C@]4(C)C3CC[C@]12C. The van der Waals surface area contributed by atoms with Crippen LogP contribution in [0.5, 0.6) is 0 Å². The largest absolute Gasteiger partial charge is 0.390 e. The quantitative estimate of drug-likeness (QED) is 0.543. The lowest BCUT2D eigenvalue weighted by atomic mass is 9.42. The van der Waals surface area contributed by atoms with Gasteiger partial charge in [-0.05, 0) is 85.9 Å². The minimum atomic E-state index is -0.831. The molecule has 0 radical (unpaired) electrons. The van der Waals surface area contributed by atoms with Gasteiger partial charge >= 0.3 is 0 Å². The number of aliphatic hydroxyl groups excluding tert-OH is 1. The van der Waals surface area contributed by atoms with Crippen LogP contribution in [0.2, 0.25) is 0 Å². The lowest BCUT2D eigenvalue weighted by molar-refractivity contribution is -0.253. The molecule has 0 spiro atoms. The van der Waals surface area contributed by atoms with Crippen molar-refractivity contribution in [2.75, 3.05) is 0 Å². The molecule has 4 aliphatic carbocycles. The second-order valence-corrected chi connectivity index (χ2v) is 12.7. The van der Waals surface area contributed by atoms with Gasteiger partial charge in [0.05, 0.1) is 11.7 Å². The lowest BCUT2D eigenvalue weighted by Crippen LogP contribution is -2.67. The first kappa shape index (κ1) is 22.1. The molecule has 6 unspecified atom stereocenters. The Morgan fingerprint density at radius 1 is 0.897 bits per heavy atom. The van der Waals surface area contributed by atoms with Crippen molar-refractivity contribution in [1.82, 2.24) is 0 Å². The summed E-state index contributed by atoms with van der Waals surface area (Å²) >= 11 is 0. The highest BCUT2D eigenvalue weighted by Gasteiger charge is 2.66. The number of aliphatic hydroxyl groups is 2. The summed E-state index contributed by atoms with van der Waals surface area (Å²) in [7, 11) is 0. The first-order valence-electron chi connectivity index (χ1n) is 13.0. The van der Waals surface area contributed by atoms with Gasteiger partial charge in [0, 0.05) is 5.41 Å². The summed E-state index contributed by atoms with van der Waals surface area (Å²) in [5.74, 6) is 4.51. The maximum Gasteiger partial charge on any atom is 0.0961 e. The Bertz CT molecular complexity index is 587. The van der Waals surface area contributed by atoms with E-state index in [1.165, 1.54) is 51.4 Å². The van der Waals surface area contributed by atoms with Crippen LogP contribution in [-0.2, 0) is 0 Å². The summed E-state index contributed by atoms with van der Waals surface area (Å²) < 4.78 is 0. The zero-order chi connectivity index (χ0) is 21.0. The smallest absolute Gasteiger partial charge is 0.0961 e. The van der Waals surface area contributed by atoms with Crippen molar-refractivity contribution in [3.63, 3.8) is 0 Å². The van der Waals surface area contributed by atoms with Crippen LogP contribution in [0, 0.1) is 46.3 Å².